The van der Waals surface area contributed by atoms with Gasteiger partial charge in [0.2, 0.25) is 0 Å². The Morgan fingerprint density at radius 2 is 1.61 bits per heavy atom. The number of halogens is 3. The van der Waals surface area contributed by atoms with E-state index in [1.54, 1.807) is 30.4 Å². The number of hydrogen-bond acceptors (Lipinski definition) is 3. The number of hydrogen-bond donors (Lipinski definition) is 0. The molecule has 0 bridgehead atoms. The molecule has 1 aromatic carbocycles. The molecule has 0 atom stereocenters. The summed E-state index contributed by atoms with van der Waals surface area (Å²) >= 11 is 0. The number of anilines is 1. The lowest BCUT2D eigenvalue weighted by Gasteiger charge is -2.23. The van der Waals surface area contributed by atoms with Gasteiger partial charge in [-0.05, 0) is 37.1 Å². The summed E-state index contributed by atoms with van der Waals surface area (Å²) in [5.74, 6) is 0. The van der Waals surface area contributed by atoms with Gasteiger partial charge < -0.3 is 4.90 Å². The number of benzene rings is 1. The summed E-state index contributed by atoms with van der Waals surface area (Å²) < 4.78 is 36.9. The molecule has 0 spiro atoms. The van der Waals surface area contributed by atoms with E-state index >= 15 is 0 Å². The molecule has 0 saturated heterocycles. The Bertz CT molecular complexity index is 785. The molecular formula is C22H22F3N3. The monoisotopic (exact) mass is 385 g/mol. The van der Waals surface area contributed by atoms with E-state index in [0.717, 1.165) is 11.3 Å². The second-order valence-corrected chi connectivity index (χ2v) is 5.82. The first-order chi connectivity index (χ1) is 13.4. The van der Waals surface area contributed by atoms with Crippen molar-refractivity contribution in [3.8, 4) is 12.1 Å². The van der Waals surface area contributed by atoms with Crippen LogP contribution in [-0.2, 0) is 0 Å². The van der Waals surface area contributed by atoms with Gasteiger partial charge in [-0.3, -0.25) is 0 Å². The van der Waals surface area contributed by atoms with Gasteiger partial charge in [-0.1, -0.05) is 48.6 Å². The van der Waals surface area contributed by atoms with Gasteiger partial charge >= 0.3 is 6.18 Å². The standard InChI is InChI=1S/C22H22F3N3/c1-2-28(16-8-15-22(23,24)25)21-13-11-19(12-14-21)9-6-4-3-5-7-10-20(17-26)18-27/h3-7,9-14H,2,8,15-16H2,1H3. The van der Waals surface area contributed by atoms with Crippen molar-refractivity contribution in [2.24, 2.45) is 0 Å². The summed E-state index contributed by atoms with van der Waals surface area (Å²) in [6, 6.07) is 11.2. The van der Waals surface area contributed by atoms with Gasteiger partial charge in [0.05, 0.1) is 0 Å². The van der Waals surface area contributed by atoms with Crippen molar-refractivity contribution < 1.29 is 13.2 Å². The third kappa shape index (κ3) is 9.45. The molecule has 3 nitrogen and oxygen atoms in total. The van der Waals surface area contributed by atoms with Gasteiger partial charge in [-0.2, -0.15) is 23.7 Å². The predicted octanol–water partition coefficient (Wildman–Crippen LogP) is 5.95. The normalized spacial score (nSPS) is 11.6. The largest absolute Gasteiger partial charge is 0.389 e. The number of allylic oxidation sites excluding steroid dienone is 7. The quantitative estimate of drug-likeness (QED) is 0.390. The average Bonchev–Trinajstić information content (AvgIpc) is 2.67. The second-order valence-electron chi connectivity index (χ2n) is 5.82. The maximum atomic E-state index is 12.3. The molecule has 0 amide bonds. The topological polar surface area (TPSA) is 50.8 Å². The molecule has 0 N–H and O–H groups in total. The Morgan fingerprint density at radius 1 is 1.00 bits per heavy atom. The SMILES string of the molecule is CCN(CCCC(F)(F)F)c1ccc(C=CC=CC=CC=C(C#N)C#N)cc1. The molecule has 0 fully saturated rings. The zero-order valence-electron chi connectivity index (χ0n) is 15.7. The molecule has 0 radical (unpaired) electrons. The molecular weight excluding hydrogens is 363 g/mol. The van der Waals surface area contributed by atoms with Crippen LogP contribution in [0, 0.1) is 22.7 Å². The first-order valence-corrected chi connectivity index (χ1v) is 8.83. The van der Waals surface area contributed by atoms with Gasteiger partial charge in [0.15, 0.2) is 0 Å². The van der Waals surface area contributed by atoms with Crippen LogP contribution >= 0.6 is 0 Å². The fraction of sp³-hybridized carbons (Fsp3) is 0.273. The van der Waals surface area contributed by atoms with Gasteiger partial charge in [0.1, 0.15) is 17.7 Å². The highest BCUT2D eigenvalue weighted by Crippen LogP contribution is 2.23. The van der Waals surface area contributed by atoms with Crippen LogP contribution in [0.5, 0.6) is 0 Å². The second kappa shape index (κ2) is 12.2. The van der Waals surface area contributed by atoms with Crippen molar-refractivity contribution in [2.45, 2.75) is 25.9 Å². The average molecular weight is 385 g/mol. The summed E-state index contributed by atoms with van der Waals surface area (Å²) in [7, 11) is 0. The Kier molecular flexibility index (Phi) is 9.93. The van der Waals surface area contributed by atoms with Crippen LogP contribution < -0.4 is 4.90 Å². The molecule has 1 rings (SSSR count). The van der Waals surface area contributed by atoms with E-state index in [4.69, 9.17) is 10.5 Å². The molecule has 1 aromatic rings. The molecule has 146 valence electrons. The van der Waals surface area contributed by atoms with Crippen LogP contribution in [0.25, 0.3) is 6.08 Å². The van der Waals surface area contributed by atoms with E-state index in [0.29, 0.717) is 13.1 Å². The summed E-state index contributed by atoms with van der Waals surface area (Å²) in [5.41, 5.74) is 1.91. The molecule has 0 heterocycles. The third-order valence-electron chi connectivity index (χ3n) is 3.77. The van der Waals surface area contributed by atoms with E-state index in [-0.39, 0.29) is 12.0 Å². The molecule has 0 aromatic heterocycles. The van der Waals surface area contributed by atoms with Crippen molar-refractivity contribution in [1.29, 1.82) is 10.5 Å². The van der Waals surface area contributed by atoms with Crippen LogP contribution in [-0.4, -0.2) is 19.3 Å². The first kappa shape index (κ1) is 22.8. The molecule has 0 saturated carbocycles. The Hall–Kier alpha value is -3.25. The maximum absolute atomic E-state index is 12.3. The minimum atomic E-state index is -4.11. The number of rotatable bonds is 9. The number of alkyl halides is 3. The molecule has 0 aliphatic carbocycles. The fourth-order valence-electron chi connectivity index (χ4n) is 2.35. The summed E-state index contributed by atoms with van der Waals surface area (Å²) in [6.45, 7) is 2.94. The highest BCUT2D eigenvalue weighted by molar-refractivity contribution is 5.57. The van der Waals surface area contributed by atoms with E-state index in [9.17, 15) is 13.2 Å². The zero-order chi connectivity index (χ0) is 20.8. The third-order valence-corrected chi connectivity index (χ3v) is 3.77. The summed E-state index contributed by atoms with van der Waals surface area (Å²) in [6.07, 6.45) is 7.29. The Labute approximate surface area is 164 Å². The van der Waals surface area contributed by atoms with E-state index in [1.807, 2.05) is 54.3 Å². The Balaban J connectivity index is 2.57. The minimum Gasteiger partial charge on any atom is -0.372 e. The minimum absolute atomic E-state index is 0.0415. The smallest absolute Gasteiger partial charge is 0.372 e. The van der Waals surface area contributed by atoms with Crippen molar-refractivity contribution >= 4 is 11.8 Å². The highest BCUT2D eigenvalue weighted by atomic mass is 19.4. The van der Waals surface area contributed by atoms with E-state index in [2.05, 4.69) is 0 Å². The van der Waals surface area contributed by atoms with Crippen molar-refractivity contribution in [1.82, 2.24) is 0 Å². The van der Waals surface area contributed by atoms with Crippen LogP contribution in [0.2, 0.25) is 0 Å². The van der Waals surface area contributed by atoms with Gasteiger partial charge in [0.25, 0.3) is 0 Å². The lowest BCUT2D eigenvalue weighted by Crippen LogP contribution is -2.25. The van der Waals surface area contributed by atoms with Crippen LogP contribution in [0.3, 0.4) is 0 Å². The zero-order valence-corrected chi connectivity index (χ0v) is 15.7. The molecule has 0 unspecified atom stereocenters. The number of nitrogens with zero attached hydrogens (tertiary/aromatic N) is 3. The fourth-order valence-corrected chi connectivity index (χ4v) is 2.35. The number of nitriles is 2. The summed E-state index contributed by atoms with van der Waals surface area (Å²) in [4.78, 5) is 1.92. The molecule has 6 heteroatoms. The van der Waals surface area contributed by atoms with Gasteiger partial charge in [0, 0.05) is 25.2 Å². The highest BCUT2D eigenvalue weighted by Gasteiger charge is 2.26. The Morgan fingerprint density at radius 3 is 2.18 bits per heavy atom. The van der Waals surface area contributed by atoms with Gasteiger partial charge in [-0.15, -0.1) is 0 Å². The molecule has 0 aliphatic heterocycles. The van der Waals surface area contributed by atoms with E-state index < -0.39 is 12.6 Å². The first-order valence-electron chi connectivity index (χ1n) is 8.83. The van der Waals surface area contributed by atoms with Crippen molar-refractivity contribution in [2.75, 3.05) is 18.0 Å². The summed E-state index contributed by atoms with van der Waals surface area (Å²) in [5, 5.41) is 17.2. The van der Waals surface area contributed by atoms with Crippen molar-refractivity contribution in [3.63, 3.8) is 0 Å². The van der Waals surface area contributed by atoms with Crippen molar-refractivity contribution in [3.05, 3.63) is 71.9 Å². The lowest BCUT2D eigenvalue weighted by atomic mass is 10.1. The molecule has 0 aliphatic rings. The van der Waals surface area contributed by atoms with Crippen LogP contribution in [0.4, 0.5) is 18.9 Å². The van der Waals surface area contributed by atoms with E-state index in [1.165, 1.54) is 6.08 Å². The predicted molar refractivity (Wildman–Crippen MR) is 106 cm³/mol. The van der Waals surface area contributed by atoms with Crippen LogP contribution in [0.15, 0.2) is 66.3 Å². The maximum Gasteiger partial charge on any atom is 0.389 e. The van der Waals surface area contributed by atoms with Crippen LogP contribution in [0.1, 0.15) is 25.3 Å². The van der Waals surface area contributed by atoms with Gasteiger partial charge in [-0.25, -0.2) is 0 Å². The molecule has 28 heavy (non-hydrogen) atoms. The lowest BCUT2D eigenvalue weighted by molar-refractivity contribution is -0.135.